The van der Waals surface area contributed by atoms with Crippen LogP contribution in [0.15, 0.2) is 69.6 Å². The molecule has 4 rings (SSSR count). The number of aryl methyl sites for hydroxylation is 1. The smallest absolute Gasteiger partial charge is 0.338 e. The highest BCUT2D eigenvalue weighted by Gasteiger charge is 2.33. The van der Waals surface area contributed by atoms with E-state index in [1.807, 2.05) is 43.3 Å². The summed E-state index contributed by atoms with van der Waals surface area (Å²) in [6, 6.07) is 14.5. The van der Waals surface area contributed by atoms with Crippen molar-refractivity contribution in [2.75, 3.05) is 6.61 Å². The van der Waals surface area contributed by atoms with Crippen LogP contribution < -0.4 is 14.9 Å². The van der Waals surface area contributed by atoms with Gasteiger partial charge in [-0.1, -0.05) is 64.9 Å². The molecule has 158 valence electrons. The Kier molecular flexibility index (Phi) is 5.94. The average molecular weight is 453 g/mol. The highest BCUT2D eigenvalue weighted by molar-refractivity contribution is 7.07. The maximum absolute atomic E-state index is 13.5. The Labute approximate surface area is 188 Å². The zero-order valence-corrected chi connectivity index (χ0v) is 19.0. The second-order valence-electron chi connectivity index (χ2n) is 7.27. The normalized spacial score (nSPS) is 16.1. The molecule has 0 spiro atoms. The molecule has 0 unspecified atom stereocenters. The van der Waals surface area contributed by atoms with E-state index in [0.29, 0.717) is 25.6 Å². The number of aromatic nitrogens is 1. The molecule has 0 amide bonds. The number of halogens is 1. The van der Waals surface area contributed by atoms with Crippen LogP contribution in [0.1, 0.15) is 36.6 Å². The molecule has 1 aliphatic heterocycles. The predicted octanol–water partition coefficient (Wildman–Crippen LogP) is 3.76. The van der Waals surface area contributed by atoms with Gasteiger partial charge in [-0.05, 0) is 50.1 Å². The number of fused-ring (bicyclic) bond motifs is 1. The lowest BCUT2D eigenvalue weighted by Crippen LogP contribution is -2.39. The summed E-state index contributed by atoms with van der Waals surface area (Å²) in [7, 11) is 0. The Hall–Kier alpha value is -2.96. The first kappa shape index (κ1) is 21.3. The minimum atomic E-state index is -0.600. The van der Waals surface area contributed by atoms with Crippen molar-refractivity contribution in [3.05, 3.63) is 101 Å². The zero-order chi connectivity index (χ0) is 22.1. The zero-order valence-electron chi connectivity index (χ0n) is 17.4. The number of benzene rings is 2. The first-order chi connectivity index (χ1) is 14.9. The molecule has 0 fully saturated rings. The minimum absolute atomic E-state index is 0.205. The lowest BCUT2D eigenvalue weighted by atomic mass is 9.95. The third-order valence-corrected chi connectivity index (χ3v) is 6.27. The van der Waals surface area contributed by atoms with E-state index in [-0.39, 0.29) is 12.2 Å². The van der Waals surface area contributed by atoms with Crippen molar-refractivity contribution in [2.45, 2.75) is 26.8 Å². The van der Waals surface area contributed by atoms with Crippen molar-refractivity contribution in [3.63, 3.8) is 0 Å². The molecule has 1 aliphatic rings. The van der Waals surface area contributed by atoms with E-state index in [1.165, 1.54) is 11.3 Å². The van der Waals surface area contributed by atoms with E-state index in [0.717, 1.165) is 16.7 Å². The van der Waals surface area contributed by atoms with Crippen LogP contribution in [0, 0.1) is 6.92 Å². The van der Waals surface area contributed by atoms with Crippen molar-refractivity contribution < 1.29 is 9.53 Å². The second kappa shape index (κ2) is 8.65. The molecule has 0 N–H and O–H groups in total. The maximum Gasteiger partial charge on any atom is 0.338 e. The number of allylic oxidation sites excluding steroid dienone is 1. The molecular formula is C24H21ClN2O3S. The number of hydrogen-bond donors (Lipinski definition) is 0. The molecule has 0 bridgehead atoms. The van der Waals surface area contributed by atoms with Gasteiger partial charge >= 0.3 is 5.97 Å². The molecule has 0 saturated carbocycles. The third kappa shape index (κ3) is 4.13. The van der Waals surface area contributed by atoms with Crippen molar-refractivity contribution in [1.82, 2.24) is 4.57 Å². The van der Waals surface area contributed by atoms with Crippen LogP contribution in [0.2, 0.25) is 5.02 Å². The van der Waals surface area contributed by atoms with Gasteiger partial charge in [0.1, 0.15) is 0 Å². The lowest BCUT2D eigenvalue weighted by molar-refractivity contribution is -0.139. The van der Waals surface area contributed by atoms with Crippen molar-refractivity contribution in [3.8, 4) is 0 Å². The molecule has 0 radical (unpaired) electrons. The number of ether oxygens (including phenoxy) is 1. The number of rotatable bonds is 4. The summed E-state index contributed by atoms with van der Waals surface area (Å²) in [5.41, 5.74) is 3.48. The number of thiazole rings is 1. The number of esters is 1. The van der Waals surface area contributed by atoms with Crippen LogP contribution in [-0.2, 0) is 9.53 Å². The molecule has 5 nitrogen and oxygen atoms in total. The number of carbonyl (C=O) groups is 1. The number of hydrogen-bond acceptors (Lipinski definition) is 5. The number of nitrogens with zero attached hydrogens (tertiary/aromatic N) is 2. The van der Waals surface area contributed by atoms with Gasteiger partial charge in [0.2, 0.25) is 0 Å². The van der Waals surface area contributed by atoms with E-state index in [9.17, 15) is 9.59 Å². The highest BCUT2D eigenvalue weighted by atomic mass is 35.5. The van der Waals surface area contributed by atoms with Crippen LogP contribution in [-0.4, -0.2) is 17.1 Å². The Morgan fingerprint density at radius 1 is 1.23 bits per heavy atom. The average Bonchev–Trinajstić information content (AvgIpc) is 3.02. The standard InChI is InChI=1S/C24H21ClN2O3S/c1-4-30-23(29)20-15(3)26-24-27(21(20)17-10-8-14(2)9-11-17)22(28)19(31-24)13-16-6-5-7-18(25)12-16/h5-13,21H,4H2,1-3H3/b19-13+/t21-/m1/s1. The number of carbonyl (C=O) groups excluding carboxylic acids is 1. The van der Waals surface area contributed by atoms with Crippen molar-refractivity contribution in [2.24, 2.45) is 4.99 Å². The molecule has 1 atom stereocenters. The highest BCUT2D eigenvalue weighted by Crippen LogP contribution is 2.30. The van der Waals surface area contributed by atoms with E-state index in [1.54, 1.807) is 36.6 Å². The molecule has 2 aromatic carbocycles. The molecule has 7 heteroatoms. The van der Waals surface area contributed by atoms with Gasteiger partial charge in [-0.3, -0.25) is 9.36 Å². The third-order valence-electron chi connectivity index (χ3n) is 5.06. The molecular weight excluding hydrogens is 432 g/mol. The first-order valence-electron chi connectivity index (χ1n) is 9.91. The SMILES string of the molecule is CCOC(=O)C1=C(C)N=c2s/c(=C/c3cccc(Cl)c3)c(=O)n2[C@@H]1c1ccc(C)cc1. The molecule has 0 saturated heterocycles. The fraction of sp³-hybridized carbons (Fsp3) is 0.208. The first-order valence-corrected chi connectivity index (χ1v) is 11.1. The van der Waals surface area contributed by atoms with Gasteiger partial charge in [-0.25, -0.2) is 9.79 Å². The van der Waals surface area contributed by atoms with Gasteiger partial charge in [-0.15, -0.1) is 0 Å². The summed E-state index contributed by atoms with van der Waals surface area (Å²) in [6.07, 6.45) is 1.80. The summed E-state index contributed by atoms with van der Waals surface area (Å²) >= 11 is 7.39. The fourth-order valence-corrected chi connectivity index (χ4v) is 4.85. The molecule has 0 aliphatic carbocycles. The molecule has 3 aromatic rings. The fourth-order valence-electron chi connectivity index (χ4n) is 3.60. The summed E-state index contributed by atoms with van der Waals surface area (Å²) < 4.78 is 7.42. The minimum Gasteiger partial charge on any atom is -0.463 e. The monoisotopic (exact) mass is 452 g/mol. The molecule has 1 aromatic heterocycles. The molecule has 2 heterocycles. The predicted molar refractivity (Wildman–Crippen MR) is 123 cm³/mol. The van der Waals surface area contributed by atoms with Crippen LogP contribution in [0.5, 0.6) is 0 Å². The quantitative estimate of drug-likeness (QED) is 0.566. The van der Waals surface area contributed by atoms with Gasteiger partial charge in [0, 0.05) is 5.02 Å². The van der Waals surface area contributed by atoms with E-state index >= 15 is 0 Å². The lowest BCUT2D eigenvalue weighted by Gasteiger charge is -2.24. The van der Waals surface area contributed by atoms with Gasteiger partial charge in [0.25, 0.3) is 5.56 Å². The van der Waals surface area contributed by atoms with Crippen molar-refractivity contribution >= 4 is 35.0 Å². The van der Waals surface area contributed by atoms with Gasteiger partial charge in [0.05, 0.1) is 28.5 Å². The largest absolute Gasteiger partial charge is 0.463 e. The van der Waals surface area contributed by atoms with Crippen molar-refractivity contribution in [1.29, 1.82) is 0 Å². The molecule has 31 heavy (non-hydrogen) atoms. The van der Waals surface area contributed by atoms with Crippen LogP contribution >= 0.6 is 22.9 Å². The summed E-state index contributed by atoms with van der Waals surface area (Å²) in [4.78, 5) is 31.4. The van der Waals surface area contributed by atoms with E-state index in [4.69, 9.17) is 16.3 Å². The summed E-state index contributed by atoms with van der Waals surface area (Å²) in [5.74, 6) is -0.460. The Balaban J connectivity index is 1.96. The van der Waals surface area contributed by atoms with E-state index in [2.05, 4.69) is 4.99 Å². The van der Waals surface area contributed by atoms with Gasteiger partial charge < -0.3 is 4.74 Å². The Morgan fingerprint density at radius 2 is 1.97 bits per heavy atom. The summed E-state index contributed by atoms with van der Waals surface area (Å²) in [6.45, 7) is 5.78. The van der Waals surface area contributed by atoms with Crippen LogP contribution in [0.3, 0.4) is 0 Å². The Bertz CT molecular complexity index is 1370. The second-order valence-corrected chi connectivity index (χ2v) is 8.71. The topological polar surface area (TPSA) is 60.7 Å². The summed E-state index contributed by atoms with van der Waals surface area (Å²) in [5, 5.41) is 0.597. The van der Waals surface area contributed by atoms with Crippen LogP contribution in [0.4, 0.5) is 0 Å². The van der Waals surface area contributed by atoms with Gasteiger partial charge in [0.15, 0.2) is 4.80 Å². The van der Waals surface area contributed by atoms with Gasteiger partial charge in [-0.2, -0.15) is 0 Å². The maximum atomic E-state index is 13.5. The Morgan fingerprint density at radius 3 is 2.65 bits per heavy atom. The van der Waals surface area contributed by atoms with Crippen LogP contribution in [0.25, 0.3) is 6.08 Å². The van der Waals surface area contributed by atoms with E-state index < -0.39 is 12.0 Å².